The fourth-order valence-electron chi connectivity index (χ4n) is 4.38. The molecule has 2 aromatic carbocycles. The van der Waals surface area contributed by atoms with Crippen LogP contribution in [0.25, 0.3) is 11.1 Å². The summed E-state index contributed by atoms with van der Waals surface area (Å²) in [5.74, 6) is 4.47. The van der Waals surface area contributed by atoms with Crippen LogP contribution in [0.4, 0.5) is 15.8 Å². The number of aromatic nitrogens is 1. The van der Waals surface area contributed by atoms with Gasteiger partial charge >= 0.3 is 0 Å². The van der Waals surface area contributed by atoms with E-state index in [1.54, 1.807) is 12.3 Å². The topological polar surface area (TPSA) is 126 Å². The first-order valence-corrected chi connectivity index (χ1v) is 13.6. The second-order valence-electron chi connectivity index (χ2n) is 9.45. The summed E-state index contributed by atoms with van der Waals surface area (Å²) in [5.41, 5.74) is 9.11. The summed E-state index contributed by atoms with van der Waals surface area (Å²) in [4.78, 5) is 30.7. The highest BCUT2D eigenvalue weighted by Crippen LogP contribution is 2.34. The van der Waals surface area contributed by atoms with Crippen molar-refractivity contribution in [2.75, 3.05) is 10.3 Å². The van der Waals surface area contributed by atoms with Gasteiger partial charge in [-0.05, 0) is 61.7 Å². The molecule has 1 aliphatic rings. The van der Waals surface area contributed by atoms with Gasteiger partial charge in [0.2, 0.25) is 5.91 Å². The predicted octanol–water partition coefficient (Wildman–Crippen LogP) is 5.79. The fourth-order valence-corrected chi connectivity index (χ4v) is 4.91. The van der Waals surface area contributed by atoms with Crippen molar-refractivity contribution < 1.29 is 14.0 Å². The van der Waals surface area contributed by atoms with Crippen LogP contribution in [-0.2, 0) is 9.59 Å². The van der Waals surface area contributed by atoms with Gasteiger partial charge in [-0.1, -0.05) is 53.0 Å². The van der Waals surface area contributed by atoms with E-state index in [0.29, 0.717) is 30.6 Å². The Labute approximate surface area is 239 Å². The number of hydrogen-bond donors (Lipinski definition) is 4. The molecule has 8 nitrogen and oxygen atoms in total. The number of nitrogens with one attached hydrogen (secondary N) is 2. The van der Waals surface area contributed by atoms with Crippen molar-refractivity contribution in [2.24, 2.45) is 17.5 Å². The molecule has 0 saturated heterocycles. The number of fused-ring (bicyclic) bond motifs is 4. The van der Waals surface area contributed by atoms with Crippen molar-refractivity contribution in [1.82, 2.24) is 10.3 Å². The maximum atomic E-state index is 14.5. The van der Waals surface area contributed by atoms with E-state index < -0.39 is 17.8 Å². The number of hydrazine groups is 1. The van der Waals surface area contributed by atoms with Gasteiger partial charge in [0.1, 0.15) is 5.70 Å². The largest absolute Gasteiger partial charge is 0.393 e. The molecule has 1 aromatic heterocycles. The van der Waals surface area contributed by atoms with Crippen LogP contribution in [0.5, 0.6) is 0 Å². The number of pyridine rings is 1. The van der Waals surface area contributed by atoms with Gasteiger partial charge in [-0.15, -0.1) is 0 Å². The van der Waals surface area contributed by atoms with E-state index in [1.807, 2.05) is 37.3 Å². The third-order valence-electron chi connectivity index (χ3n) is 6.76. The second kappa shape index (κ2) is 12.1. The van der Waals surface area contributed by atoms with Gasteiger partial charge in [0.05, 0.1) is 28.1 Å². The molecule has 39 heavy (non-hydrogen) atoms. The summed E-state index contributed by atoms with van der Waals surface area (Å²) in [6.45, 7) is 3.39. The van der Waals surface area contributed by atoms with Crippen LogP contribution >= 0.6 is 27.5 Å². The van der Waals surface area contributed by atoms with Gasteiger partial charge < -0.3 is 16.4 Å². The smallest absolute Gasteiger partial charge is 0.269 e. The molecule has 0 aliphatic carbocycles. The summed E-state index contributed by atoms with van der Waals surface area (Å²) in [7, 11) is 0. The van der Waals surface area contributed by atoms with Crippen LogP contribution < -0.4 is 27.2 Å². The molecule has 6 N–H and O–H groups in total. The number of nitrogens with zero attached hydrogens (tertiary/aromatic N) is 2. The van der Waals surface area contributed by atoms with E-state index in [0.717, 1.165) is 20.6 Å². The fraction of sp³-hybridized carbons (Fsp3) is 0.250. The minimum atomic E-state index is -0.722. The van der Waals surface area contributed by atoms with Gasteiger partial charge in [-0.3, -0.25) is 19.6 Å². The molecule has 2 amide bonds. The molecule has 3 aromatic rings. The molecule has 2 bridgehead atoms. The van der Waals surface area contributed by atoms with Gasteiger partial charge in [-0.25, -0.2) is 10.2 Å². The molecule has 2 atom stereocenters. The molecule has 2 unspecified atom stereocenters. The Morgan fingerprint density at radius 3 is 2.77 bits per heavy atom. The van der Waals surface area contributed by atoms with Gasteiger partial charge in [0, 0.05) is 27.8 Å². The predicted molar refractivity (Wildman–Crippen MR) is 155 cm³/mol. The quantitative estimate of drug-likeness (QED) is 0.167. The van der Waals surface area contributed by atoms with Crippen molar-refractivity contribution in [3.63, 3.8) is 0 Å². The van der Waals surface area contributed by atoms with Crippen LogP contribution in [0.1, 0.15) is 44.8 Å². The first-order chi connectivity index (χ1) is 18.6. The van der Waals surface area contributed by atoms with Crippen LogP contribution in [0, 0.1) is 11.7 Å². The molecule has 0 spiro atoms. The Balaban J connectivity index is 1.67. The van der Waals surface area contributed by atoms with Crippen LogP contribution in [0.3, 0.4) is 0 Å². The Bertz CT molecular complexity index is 1450. The van der Waals surface area contributed by atoms with E-state index in [9.17, 15) is 14.0 Å². The molecule has 11 heteroatoms. The van der Waals surface area contributed by atoms with Gasteiger partial charge in [-0.2, -0.15) is 0 Å². The first-order valence-electron chi connectivity index (χ1n) is 12.4. The number of halogens is 3. The molecular formula is C28H29BrClFN6O2. The number of carbonyl (C=O) groups excluding carboxylic acids is 2. The lowest BCUT2D eigenvalue weighted by molar-refractivity contribution is -0.120. The third kappa shape index (κ3) is 6.41. The van der Waals surface area contributed by atoms with E-state index in [-0.39, 0.29) is 33.9 Å². The monoisotopic (exact) mass is 614 g/mol. The maximum absolute atomic E-state index is 14.5. The molecule has 2 heterocycles. The van der Waals surface area contributed by atoms with Crippen LogP contribution in [-0.4, -0.2) is 16.8 Å². The minimum absolute atomic E-state index is 0.0197. The average Bonchev–Trinajstić information content (AvgIpc) is 2.92. The second-order valence-corrected chi connectivity index (χ2v) is 10.8. The van der Waals surface area contributed by atoms with E-state index >= 15 is 0 Å². The SMILES string of the molecule is C/C(=C(/N)C(=O)NC1CCCC(C)C(=O)Nc2cc(Br)ccc2-c2ccnc1c2)N(N)c1cccc(Cl)c1F. The van der Waals surface area contributed by atoms with Crippen LogP contribution in [0.15, 0.2) is 70.6 Å². The van der Waals surface area contributed by atoms with Crippen molar-refractivity contribution in [3.8, 4) is 11.1 Å². The van der Waals surface area contributed by atoms with E-state index in [4.69, 9.17) is 23.2 Å². The highest BCUT2D eigenvalue weighted by molar-refractivity contribution is 9.10. The summed E-state index contributed by atoms with van der Waals surface area (Å²) in [6.07, 6.45) is 3.45. The number of amides is 2. The highest BCUT2D eigenvalue weighted by Gasteiger charge is 2.24. The Kier molecular flexibility index (Phi) is 8.89. The Morgan fingerprint density at radius 1 is 1.23 bits per heavy atom. The zero-order chi connectivity index (χ0) is 28.3. The number of benzene rings is 2. The lowest BCUT2D eigenvalue weighted by atomic mass is 9.95. The van der Waals surface area contributed by atoms with E-state index in [2.05, 4.69) is 31.5 Å². The normalized spacial score (nSPS) is 18.1. The first kappa shape index (κ1) is 28.5. The van der Waals surface area contributed by atoms with Crippen LogP contribution in [0.2, 0.25) is 5.02 Å². The zero-order valence-electron chi connectivity index (χ0n) is 21.5. The number of hydrogen-bond acceptors (Lipinski definition) is 6. The number of carbonyl (C=O) groups is 2. The van der Waals surface area contributed by atoms with E-state index in [1.165, 1.54) is 19.1 Å². The number of nitrogens with two attached hydrogens (primary N) is 2. The molecular weight excluding hydrogens is 587 g/mol. The lowest BCUT2D eigenvalue weighted by Crippen LogP contribution is -2.38. The average molecular weight is 616 g/mol. The van der Waals surface area contributed by atoms with Crippen molar-refractivity contribution in [2.45, 2.75) is 39.2 Å². The zero-order valence-corrected chi connectivity index (χ0v) is 23.8. The number of rotatable bonds is 4. The number of anilines is 2. The standard InChI is InChI=1S/C28H29BrClFN6O2/c1-15-5-3-7-21(35-28(39)26(32)16(2)37(33)24-8-4-6-20(30)25(24)31)23-13-17(11-12-34-23)19-10-9-18(29)14-22(19)36-27(15)38/h4,6,8-15,21H,3,5,7,32-33H2,1-2H3,(H,35,39)(H,36,38)/b26-16-. The van der Waals surface area contributed by atoms with Crippen molar-refractivity contribution >= 4 is 50.7 Å². The molecule has 0 saturated carbocycles. The Morgan fingerprint density at radius 2 is 2.00 bits per heavy atom. The molecule has 4 rings (SSSR count). The summed E-state index contributed by atoms with van der Waals surface area (Å²) in [5, 5.41) is 6.89. The highest BCUT2D eigenvalue weighted by atomic mass is 79.9. The van der Waals surface area contributed by atoms with Crippen molar-refractivity contribution in [3.05, 3.63) is 87.1 Å². The van der Waals surface area contributed by atoms with Crippen molar-refractivity contribution in [1.29, 1.82) is 0 Å². The number of allylic oxidation sites excluding steroid dienone is 1. The third-order valence-corrected chi connectivity index (χ3v) is 7.54. The summed E-state index contributed by atoms with van der Waals surface area (Å²) < 4.78 is 15.4. The Hall–Kier alpha value is -3.47. The van der Waals surface area contributed by atoms with Gasteiger partial charge in [0.25, 0.3) is 5.91 Å². The van der Waals surface area contributed by atoms with Gasteiger partial charge in [0.15, 0.2) is 5.82 Å². The summed E-state index contributed by atoms with van der Waals surface area (Å²) in [6, 6.07) is 13.3. The molecule has 0 radical (unpaired) electrons. The summed E-state index contributed by atoms with van der Waals surface area (Å²) >= 11 is 9.36. The lowest BCUT2D eigenvalue weighted by Gasteiger charge is -2.24. The maximum Gasteiger partial charge on any atom is 0.269 e. The molecule has 0 fully saturated rings. The minimum Gasteiger partial charge on any atom is -0.393 e. The molecule has 1 aliphatic heterocycles. The molecule has 204 valence electrons.